The molecular weight excluding hydrogens is 564 g/mol. The molecular formula is C28H46N6O7S. The number of Topliss-reactive ketones (excluding diaryl/α,β-unsaturated/α-hetero) is 1. The maximum Gasteiger partial charge on any atom is 0.315 e. The molecule has 2 saturated heterocycles. The summed E-state index contributed by atoms with van der Waals surface area (Å²) >= 11 is 0. The van der Waals surface area contributed by atoms with Gasteiger partial charge in [-0.15, -0.1) is 0 Å². The molecule has 13 nitrogen and oxygen atoms in total. The highest BCUT2D eigenvalue weighted by molar-refractivity contribution is 7.89. The minimum Gasteiger partial charge on any atom is -0.347 e. The third-order valence-electron chi connectivity index (χ3n) is 8.67. The van der Waals surface area contributed by atoms with Gasteiger partial charge in [-0.2, -0.15) is 0 Å². The summed E-state index contributed by atoms with van der Waals surface area (Å²) in [4.78, 5) is 65.7. The number of hydrogen-bond donors (Lipinski definition) is 4. The summed E-state index contributed by atoms with van der Waals surface area (Å²) in [5.74, 6) is -2.60. The van der Waals surface area contributed by atoms with E-state index in [-0.39, 0.29) is 11.8 Å². The van der Waals surface area contributed by atoms with Gasteiger partial charge in [-0.3, -0.25) is 19.2 Å². The van der Waals surface area contributed by atoms with E-state index in [0.717, 1.165) is 38.5 Å². The Hall–Kier alpha value is -2.74. The van der Waals surface area contributed by atoms with Crippen molar-refractivity contribution in [3.05, 3.63) is 0 Å². The highest BCUT2D eigenvalue weighted by Crippen LogP contribution is 2.32. The summed E-state index contributed by atoms with van der Waals surface area (Å²) in [6.45, 7) is 6.27. The predicted octanol–water partition coefficient (Wildman–Crippen LogP) is 0.394. The van der Waals surface area contributed by atoms with Crippen LogP contribution in [0, 0.1) is 5.41 Å². The van der Waals surface area contributed by atoms with Crippen molar-refractivity contribution in [2.75, 3.05) is 31.9 Å². The Morgan fingerprint density at radius 2 is 1.57 bits per heavy atom. The molecule has 0 aromatic heterocycles. The largest absolute Gasteiger partial charge is 0.347 e. The molecule has 2 aliphatic heterocycles. The van der Waals surface area contributed by atoms with E-state index in [1.807, 2.05) is 20.8 Å². The normalized spacial score (nSPS) is 23.3. The number of ketones is 1. The monoisotopic (exact) mass is 610 g/mol. The first-order valence-corrected chi connectivity index (χ1v) is 16.8. The maximum atomic E-state index is 13.8. The van der Waals surface area contributed by atoms with Gasteiger partial charge in [0.1, 0.15) is 12.1 Å². The second-order valence-electron chi connectivity index (χ2n) is 13.3. The van der Waals surface area contributed by atoms with Crippen molar-refractivity contribution in [1.82, 2.24) is 30.5 Å². The SMILES string of the molecule is CC(C)(C)[C@H](NC(=O)NC1(CS(=O)(=O)N2CCC2)CCCCC1)C(=O)N1CCC[C@H]1C(=O)NCC(=O)C(=O)NC1CC1. The van der Waals surface area contributed by atoms with Crippen LogP contribution in [0.15, 0.2) is 0 Å². The number of carbonyl (C=O) groups is 5. The summed E-state index contributed by atoms with van der Waals surface area (Å²) in [6, 6.07) is -2.42. The first kappa shape index (κ1) is 32.2. The lowest BCUT2D eigenvalue weighted by molar-refractivity contribution is -0.142. The molecule has 2 atom stereocenters. The second-order valence-corrected chi connectivity index (χ2v) is 15.3. The van der Waals surface area contributed by atoms with Gasteiger partial charge < -0.3 is 26.2 Å². The highest BCUT2D eigenvalue weighted by atomic mass is 32.2. The Kier molecular flexibility index (Phi) is 9.86. The number of urea groups is 1. The number of nitrogens with zero attached hydrogens (tertiary/aromatic N) is 2. The number of hydrogen-bond acceptors (Lipinski definition) is 7. The van der Waals surface area contributed by atoms with Crippen LogP contribution in [0.25, 0.3) is 0 Å². The fraction of sp³-hybridized carbons (Fsp3) is 0.821. The van der Waals surface area contributed by atoms with Gasteiger partial charge in [0.2, 0.25) is 27.6 Å². The molecule has 4 N–H and O–H groups in total. The molecule has 0 unspecified atom stereocenters. The average Bonchev–Trinajstić information content (AvgIpc) is 3.54. The molecule has 0 radical (unpaired) electrons. The van der Waals surface area contributed by atoms with Crippen molar-refractivity contribution >= 4 is 39.6 Å². The van der Waals surface area contributed by atoms with E-state index < -0.39 is 69.1 Å². The number of sulfonamides is 1. The van der Waals surface area contributed by atoms with Crippen molar-refractivity contribution < 1.29 is 32.4 Å². The van der Waals surface area contributed by atoms with Gasteiger partial charge in [0.05, 0.1) is 17.8 Å². The smallest absolute Gasteiger partial charge is 0.315 e. The zero-order chi connectivity index (χ0) is 30.7. The van der Waals surface area contributed by atoms with E-state index >= 15 is 0 Å². The lowest BCUT2D eigenvalue weighted by Gasteiger charge is -2.41. The third kappa shape index (κ3) is 8.00. The molecule has 42 heavy (non-hydrogen) atoms. The van der Waals surface area contributed by atoms with E-state index in [1.54, 1.807) is 0 Å². The number of carbonyl (C=O) groups excluding carboxylic acids is 5. The highest BCUT2D eigenvalue weighted by Gasteiger charge is 2.45. The quantitative estimate of drug-likeness (QED) is 0.245. The van der Waals surface area contributed by atoms with Gasteiger partial charge in [-0.1, -0.05) is 40.0 Å². The van der Waals surface area contributed by atoms with Crippen molar-refractivity contribution in [2.45, 2.75) is 109 Å². The second kappa shape index (κ2) is 12.9. The number of amides is 5. The number of nitrogens with one attached hydrogen (secondary N) is 4. The Bertz CT molecular complexity index is 1170. The molecule has 0 aromatic rings. The van der Waals surface area contributed by atoms with E-state index in [9.17, 15) is 32.4 Å². The van der Waals surface area contributed by atoms with Gasteiger partial charge in [-0.05, 0) is 50.4 Å². The molecule has 2 heterocycles. The Morgan fingerprint density at radius 3 is 2.14 bits per heavy atom. The molecule has 4 fully saturated rings. The standard InChI is InChI=1S/C28H46N6O7S/c1-27(2,3)22(31-26(39)32-28(12-5-4-6-13-28)18-42(40,41)33-14-8-15-33)25(38)34-16-7-9-20(34)23(36)29-17-21(35)24(37)30-19-10-11-19/h19-20,22H,4-18H2,1-3H3,(H,29,36)(H,30,37)(H2,31,32,39)/t20-,22+/m0/s1. The predicted molar refractivity (Wildman–Crippen MR) is 155 cm³/mol. The zero-order valence-electron chi connectivity index (χ0n) is 25.0. The van der Waals surface area contributed by atoms with Gasteiger partial charge in [0.15, 0.2) is 0 Å². The number of likely N-dealkylation sites (tertiary alicyclic amines) is 1. The maximum absolute atomic E-state index is 13.8. The average molecular weight is 611 g/mol. The van der Waals surface area contributed by atoms with Gasteiger partial charge in [-0.25, -0.2) is 17.5 Å². The molecule has 4 rings (SSSR count). The van der Waals surface area contributed by atoms with Crippen molar-refractivity contribution in [1.29, 1.82) is 0 Å². The summed E-state index contributed by atoms with van der Waals surface area (Å²) in [6.07, 6.45) is 7.10. The van der Waals surface area contributed by atoms with E-state index in [0.29, 0.717) is 45.3 Å². The first-order chi connectivity index (χ1) is 19.7. The van der Waals surface area contributed by atoms with Gasteiger partial charge >= 0.3 is 6.03 Å². The number of rotatable bonds is 11. The lowest BCUT2D eigenvalue weighted by atomic mass is 9.83. The molecule has 0 spiro atoms. The molecule has 5 amide bonds. The molecule has 2 saturated carbocycles. The van der Waals surface area contributed by atoms with Gasteiger partial charge in [0, 0.05) is 25.7 Å². The molecule has 14 heteroatoms. The topological polar surface area (TPSA) is 174 Å². The van der Waals surface area contributed by atoms with E-state index in [4.69, 9.17) is 0 Å². The summed E-state index contributed by atoms with van der Waals surface area (Å²) in [5.41, 5.74) is -1.64. The van der Waals surface area contributed by atoms with Crippen LogP contribution in [0.4, 0.5) is 4.79 Å². The van der Waals surface area contributed by atoms with Crippen LogP contribution < -0.4 is 21.3 Å². The molecule has 0 aromatic carbocycles. The Morgan fingerprint density at radius 1 is 0.905 bits per heavy atom. The lowest BCUT2D eigenvalue weighted by Crippen LogP contribution is -2.63. The molecule has 4 aliphatic rings. The van der Waals surface area contributed by atoms with Crippen molar-refractivity contribution in [3.8, 4) is 0 Å². The van der Waals surface area contributed by atoms with Crippen LogP contribution in [0.3, 0.4) is 0 Å². The summed E-state index contributed by atoms with van der Waals surface area (Å²) in [5, 5.41) is 10.9. The van der Waals surface area contributed by atoms with Crippen LogP contribution in [-0.4, -0.2) is 103 Å². The summed E-state index contributed by atoms with van der Waals surface area (Å²) in [7, 11) is -3.53. The van der Waals surface area contributed by atoms with Crippen LogP contribution in [0.2, 0.25) is 0 Å². The van der Waals surface area contributed by atoms with Crippen LogP contribution >= 0.6 is 0 Å². The fourth-order valence-corrected chi connectivity index (χ4v) is 7.98. The molecule has 236 valence electrons. The van der Waals surface area contributed by atoms with E-state index in [1.165, 1.54) is 9.21 Å². The van der Waals surface area contributed by atoms with Crippen molar-refractivity contribution in [2.24, 2.45) is 5.41 Å². The minimum absolute atomic E-state index is 0.0250. The van der Waals surface area contributed by atoms with Crippen LogP contribution in [0.5, 0.6) is 0 Å². The molecule has 2 aliphatic carbocycles. The Balaban J connectivity index is 1.40. The first-order valence-electron chi connectivity index (χ1n) is 15.2. The minimum atomic E-state index is -3.53. The van der Waals surface area contributed by atoms with E-state index in [2.05, 4.69) is 21.3 Å². The summed E-state index contributed by atoms with van der Waals surface area (Å²) < 4.78 is 27.5. The third-order valence-corrected chi connectivity index (χ3v) is 10.7. The Labute approximate surface area is 248 Å². The van der Waals surface area contributed by atoms with Crippen LogP contribution in [0.1, 0.15) is 85.0 Å². The van der Waals surface area contributed by atoms with Crippen molar-refractivity contribution in [3.63, 3.8) is 0 Å². The molecule has 0 bridgehead atoms. The van der Waals surface area contributed by atoms with Crippen LogP contribution in [-0.2, 0) is 29.2 Å². The fourth-order valence-electron chi connectivity index (χ4n) is 5.92. The zero-order valence-corrected chi connectivity index (χ0v) is 25.8. The van der Waals surface area contributed by atoms with Gasteiger partial charge in [0.25, 0.3) is 5.91 Å².